The molecule has 5 nitrogen and oxygen atoms in total. The average molecular weight is 277 g/mol. The van der Waals surface area contributed by atoms with E-state index in [-0.39, 0.29) is 11.7 Å². The molecule has 0 radical (unpaired) electrons. The number of hydrogen-bond donors (Lipinski definition) is 2. The minimum Gasteiger partial charge on any atom is -0.508 e. The normalized spacial score (nSPS) is 17.1. The summed E-state index contributed by atoms with van der Waals surface area (Å²) in [6, 6.07) is 6.96. The second-order valence-corrected chi connectivity index (χ2v) is 5.34. The average Bonchev–Trinajstić information content (AvgIpc) is 2.45. The highest BCUT2D eigenvalue weighted by Gasteiger charge is 2.14. The van der Waals surface area contributed by atoms with Crippen molar-refractivity contribution in [1.29, 1.82) is 0 Å². The maximum Gasteiger partial charge on any atom is 0.221 e. The molecule has 1 heterocycles. The minimum absolute atomic E-state index is 0.0623. The molecule has 1 saturated heterocycles. The molecule has 1 aliphatic heterocycles. The summed E-state index contributed by atoms with van der Waals surface area (Å²) in [5, 5.41) is 12.2. The zero-order chi connectivity index (χ0) is 14.4. The van der Waals surface area contributed by atoms with Crippen LogP contribution in [0.1, 0.15) is 12.0 Å². The Morgan fingerprint density at radius 1 is 1.30 bits per heavy atom. The lowest BCUT2D eigenvalue weighted by Crippen LogP contribution is -2.45. The molecule has 2 rings (SSSR count). The molecule has 0 unspecified atom stereocenters. The van der Waals surface area contributed by atoms with Gasteiger partial charge in [-0.2, -0.15) is 0 Å². The Balaban J connectivity index is 1.65. The van der Waals surface area contributed by atoms with Crippen LogP contribution in [0.15, 0.2) is 24.3 Å². The zero-order valence-corrected chi connectivity index (χ0v) is 12.0. The molecule has 0 aliphatic carbocycles. The summed E-state index contributed by atoms with van der Waals surface area (Å²) < 4.78 is 0. The summed E-state index contributed by atoms with van der Waals surface area (Å²) in [5.41, 5.74) is 0.915. The fraction of sp³-hybridized carbons (Fsp3) is 0.533. The van der Waals surface area contributed by atoms with Gasteiger partial charge in [0.2, 0.25) is 5.91 Å². The molecular formula is C15H23N3O2. The van der Waals surface area contributed by atoms with Crippen molar-refractivity contribution in [3.8, 4) is 5.75 Å². The summed E-state index contributed by atoms with van der Waals surface area (Å²) >= 11 is 0. The van der Waals surface area contributed by atoms with Gasteiger partial charge in [0.1, 0.15) is 5.75 Å². The molecule has 1 fully saturated rings. The van der Waals surface area contributed by atoms with Crippen molar-refractivity contribution in [3.05, 3.63) is 29.8 Å². The number of amides is 1. The Morgan fingerprint density at radius 3 is 2.75 bits per heavy atom. The van der Waals surface area contributed by atoms with Gasteiger partial charge in [0.05, 0.1) is 0 Å². The molecule has 20 heavy (non-hydrogen) atoms. The number of hydrogen-bond acceptors (Lipinski definition) is 4. The van der Waals surface area contributed by atoms with Crippen LogP contribution >= 0.6 is 0 Å². The van der Waals surface area contributed by atoms with Gasteiger partial charge >= 0.3 is 0 Å². The van der Waals surface area contributed by atoms with Crippen LogP contribution < -0.4 is 5.32 Å². The molecule has 1 aliphatic rings. The van der Waals surface area contributed by atoms with Gasteiger partial charge in [0.25, 0.3) is 0 Å². The van der Waals surface area contributed by atoms with Crippen LogP contribution in [0.4, 0.5) is 0 Å². The van der Waals surface area contributed by atoms with E-state index in [4.69, 9.17) is 0 Å². The number of rotatable bonds is 5. The van der Waals surface area contributed by atoms with Crippen LogP contribution in [0.3, 0.4) is 0 Å². The number of nitrogens with zero attached hydrogens (tertiary/aromatic N) is 2. The Kier molecular flexibility index (Phi) is 5.38. The fourth-order valence-electron chi connectivity index (χ4n) is 2.29. The Morgan fingerprint density at radius 2 is 2.05 bits per heavy atom. The number of nitrogens with one attached hydrogen (secondary N) is 1. The predicted octanol–water partition coefficient (Wildman–Crippen LogP) is 0.646. The summed E-state index contributed by atoms with van der Waals surface area (Å²) in [4.78, 5) is 16.4. The number of aromatic hydroxyl groups is 1. The van der Waals surface area contributed by atoms with Crippen molar-refractivity contribution in [2.24, 2.45) is 0 Å². The molecule has 0 spiro atoms. The first-order valence-electron chi connectivity index (χ1n) is 7.09. The largest absolute Gasteiger partial charge is 0.508 e. The monoisotopic (exact) mass is 277 g/mol. The van der Waals surface area contributed by atoms with Crippen molar-refractivity contribution < 1.29 is 9.90 Å². The number of likely N-dealkylation sites (N-methyl/N-ethyl adjacent to an activating group) is 1. The van der Waals surface area contributed by atoms with Gasteiger partial charge < -0.3 is 20.2 Å². The summed E-state index contributed by atoms with van der Waals surface area (Å²) in [7, 11) is 2.12. The molecule has 0 atom stereocenters. The first-order valence-corrected chi connectivity index (χ1v) is 7.09. The topological polar surface area (TPSA) is 55.8 Å². The number of benzene rings is 1. The number of phenolic OH excluding ortho intramolecular Hbond substituents is 1. The van der Waals surface area contributed by atoms with E-state index in [1.807, 2.05) is 6.07 Å². The van der Waals surface area contributed by atoms with E-state index in [0.717, 1.165) is 38.3 Å². The number of phenols is 1. The molecule has 0 aromatic heterocycles. The molecule has 1 amide bonds. The van der Waals surface area contributed by atoms with E-state index >= 15 is 0 Å². The van der Waals surface area contributed by atoms with Gasteiger partial charge in [-0.25, -0.2) is 0 Å². The molecule has 1 aromatic rings. The van der Waals surface area contributed by atoms with Gasteiger partial charge in [-0.3, -0.25) is 4.79 Å². The lowest BCUT2D eigenvalue weighted by atomic mass is 10.2. The molecular weight excluding hydrogens is 254 g/mol. The Hall–Kier alpha value is -1.59. The first kappa shape index (κ1) is 14.8. The second kappa shape index (κ2) is 7.26. The third-order valence-electron chi connectivity index (χ3n) is 3.65. The Bertz CT molecular complexity index is 442. The predicted molar refractivity (Wildman–Crippen MR) is 78.5 cm³/mol. The fourth-order valence-corrected chi connectivity index (χ4v) is 2.29. The van der Waals surface area contributed by atoms with Crippen LogP contribution in [0, 0.1) is 0 Å². The highest BCUT2D eigenvalue weighted by atomic mass is 16.3. The van der Waals surface area contributed by atoms with Crippen LogP contribution in [0.2, 0.25) is 0 Å². The van der Waals surface area contributed by atoms with E-state index < -0.39 is 0 Å². The summed E-state index contributed by atoms with van der Waals surface area (Å²) in [5.74, 6) is 0.293. The van der Waals surface area contributed by atoms with Crippen molar-refractivity contribution in [3.63, 3.8) is 0 Å². The van der Waals surface area contributed by atoms with Crippen LogP contribution in [-0.4, -0.2) is 60.6 Å². The molecule has 2 N–H and O–H groups in total. The maximum absolute atomic E-state index is 11.8. The van der Waals surface area contributed by atoms with Crippen LogP contribution in [-0.2, 0) is 11.3 Å². The van der Waals surface area contributed by atoms with E-state index in [1.165, 1.54) is 0 Å². The van der Waals surface area contributed by atoms with Crippen LogP contribution in [0.25, 0.3) is 0 Å². The summed E-state index contributed by atoms with van der Waals surface area (Å²) in [6.07, 6.45) is 0.530. The van der Waals surface area contributed by atoms with Crippen molar-refractivity contribution in [2.45, 2.75) is 13.0 Å². The van der Waals surface area contributed by atoms with Crippen molar-refractivity contribution >= 4 is 5.91 Å². The van der Waals surface area contributed by atoms with E-state index in [1.54, 1.807) is 18.2 Å². The van der Waals surface area contributed by atoms with Gasteiger partial charge in [-0.05, 0) is 24.7 Å². The first-order chi connectivity index (χ1) is 9.63. The summed E-state index contributed by atoms with van der Waals surface area (Å²) in [6.45, 7) is 5.51. The van der Waals surface area contributed by atoms with Gasteiger partial charge in [0, 0.05) is 45.7 Å². The third kappa shape index (κ3) is 4.83. The van der Waals surface area contributed by atoms with Gasteiger partial charge in [-0.15, -0.1) is 0 Å². The van der Waals surface area contributed by atoms with Crippen molar-refractivity contribution in [2.75, 3.05) is 39.8 Å². The van der Waals surface area contributed by atoms with E-state index in [2.05, 4.69) is 22.2 Å². The second-order valence-electron chi connectivity index (χ2n) is 5.34. The number of piperazine rings is 1. The highest BCUT2D eigenvalue weighted by Crippen LogP contribution is 2.10. The standard InChI is InChI=1S/C15H23N3O2/c1-17-7-9-18(10-8-17)6-5-15(20)16-12-13-3-2-4-14(19)11-13/h2-4,11,19H,5-10,12H2,1H3,(H,16,20). The molecule has 5 heteroatoms. The molecule has 0 bridgehead atoms. The quantitative estimate of drug-likeness (QED) is 0.829. The maximum atomic E-state index is 11.8. The third-order valence-corrected chi connectivity index (χ3v) is 3.65. The van der Waals surface area contributed by atoms with Gasteiger partial charge in [-0.1, -0.05) is 12.1 Å². The van der Waals surface area contributed by atoms with Gasteiger partial charge in [0.15, 0.2) is 0 Å². The highest BCUT2D eigenvalue weighted by molar-refractivity contribution is 5.76. The van der Waals surface area contributed by atoms with Crippen LogP contribution in [0.5, 0.6) is 5.75 Å². The lowest BCUT2D eigenvalue weighted by molar-refractivity contribution is -0.121. The lowest BCUT2D eigenvalue weighted by Gasteiger charge is -2.32. The number of carbonyl (C=O) groups is 1. The molecule has 1 aromatic carbocycles. The minimum atomic E-state index is 0.0623. The number of carbonyl (C=O) groups excluding carboxylic acids is 1. The molecule has 110 valence electrons. The molecule has 0 saturated carbocycles. The Labute approximate surface area is 120 Å². The SMILES string of the molecule is CN1CCN(CCC(=O)NCc2cccc(O)c2)CC1. The zero-order valence-electron chi connectivity index (χ0n) is 12.0. The smallest absolute Gasteiger partial charge is 0.221 e. The van der Waals surface area contributed by atoms with E-state index in [0.29, 0.717) is 13.0 Å². The van der Waals surface area contributed by atoms with Crippen molar-refractivity contribution in [1.82, 2.24) is 15.1 Å². The van der Waals surface area contributed by atoms with E-state index in [9.17, 15) is 9.90 Å².